The summed E-state index contributed by atoms with van der Waals surface area (Å²) in [6.07, 6.45) is 6.16. The lowest BCUT2D eigenvalue weighted by Crippen LogP contribution is -2.25. The lowest BCUT2D eigenvalue weighted by molar-refractivity contribution is -0.118. The first kappa shape index (κ1) is 16.5. The average Bonchev–Trinajstić information content (AvgIpc) is 2.97. The summed E-state index contributed by atoms with van der Waals surface area (Å²) in [7, 11) is 0. The fourth-order valence-electron chi connectivity index (χ4n) is 2.87. The molecule has 2 amide bonds. The summed E-state index contributed by atoms with van der Waals surface area (Å²) >= 11 is 1.06. The van der Waals surface area contributed by atoms with Gasteiger partial charge in [-0.25, -0.2) is 0 Å². The largest absolute Gasteiger partial charge is 0.489 e. The summed E-state index contributed by atoms with van der Waals surface area (Å²) in [5, 5.41) is 3.86. The monoisotopic (exact) mass is 361 g/mol. The molecule has 0 aromatic heterocycles. The number of ether oxygens (including phenoxy) is 1. The third-order valence-corrected chi connectivity index (χ3v) is 5.17. The number of amides is 2. The Morgan fingerprint density at radius 2 is 1.92 bits per heavy atom. The SMILES string of the molecule is O=C1NC(=O)C(Cc2ccc3cc(OCC4=CC=C=C=C4)ccc3c2)S1. The third-order valence-electron chi connectivity index (χ3n) is 4.19. The number of allylic oxidation sites excluding steroid dienone is 2. The van der Waals surface area contributed by atoms with Gasteiger partial charge < -0.3 is 4.74 Å². The van der Waals surface area contributed by atoms with E-state index in [1.807, 2.05) is 48.6 Å². The molecule has 1 heterocycles. The van der Waals surface area contributed by atoms with Crippen LogP contribution in [0.25, 0.3) is 10.8 Å². The zero-order valence-corrected chi connectivity index (χ0v) is 14.6. The Morgan fingerprint density at radius 1 is 1.08 bits per heavy atom. The van der Waals surface area contributed by atoms with Gasteiger partial charge in [0.1, 0.15) is 12.4 Å². The molecule has 1 unspecified atom stereocenters. The molecule has 1 N–H and O–H groups in total. The smallest absolute Gasteiger partial charge is 0.286 e. The first-order valence-corrected chi connectivity index (χ1v) is 9.09. The molecule has 2 aromatic carbocycles. The Labute approximate surface area is 154 Å². The van der Waals surface area contributed by atoms with Crippen molar-refractivity contribution in [1.82, 2.24) is 5.32 Å². The van der Waals surface area contributed by atoms with E-state index in [4.69, 9.17) is 4.74 Å². The van der Waals surface area contributed by atoms with E-state index in [9.17, 15) is 9.59 Å². The van der Waals surface area contributed by atoms with Crippen LogP contribution in [0.4, 0.5) is 4.79 Å². The van der Waals surface area contributed by atoms with Crippen molar-refractivity contribution in [2.75, 3.05) is 6.61 Å². The number of thioether (sulfide) groups is 1. The third kappa shape index (κ3) is 3.66. The van der Waals surface area contributed by atoms with E-state index >= 15 is 0 Å². The van der Waals surface area contributed by atoms with E-state index in [2.05, 4.69) is 22.8 Å². The van der Waals surface area contributed by atoms with Gasteiger partial charge in [0.05, 0.1) is 5.25 Å². The molecule has 4 rings (SSSR count). The molecule has 4 nitrogen and oxygen atoms in total. The topological polar surface area (TPSA) is 55.4 Å². The van der Waals surface area contributed by atoms with E-state index < -0.39 is 0 Å². The van der Waals surface area contributed by atoms with Crippen molar-refractivity contribution < 1.29 is 14.3 Å². The maximum atomic E-state index is 11.7. The number of fused-ring (bicyclic) bond motifs is 1. The van der Waals surface area contributed by atoms with Gasteiger partial charge in [-0.15, -0.1) is 0 Å². The highest BCUT2D eigenvalue weighted by Crippen LogP contribution is 2.26. The maximum absolute atomic E-state index is 11.7. The van der Waals surface area contributed by atoms with Crippen LogP contribution >= 0.6 is 11.8 Å². The van der Waals surface area contributed by atoms with Crippen molar-refractivity contribution in [3.8, 4) is 5.75 Å². The number of hydrogen-bond donors (Lipinski definition) is 1. The van der Waals surface area contributed by atoms with Gasteiger partial charge in [0.25, 0.3) is 5.24 Å². The van der Waals surface area contributed by atoms with Gasteiger partial charge in [-0.2, -0.15) is 0 Å². The van der Waals surface area contributed by atoms with Crippen LogP contribution in [0.1, 0.15) is 5.56 Å². The lowest BCUT2D eigenvalue weighted by atomic mass is 10.0. The zero-order chi connectivity index (χ0) is 17.9. The van der Waals surface area contributed by atoms with Crippen LogP contribution in [-0.2, 0) is 11.2 Å². The fourth-order valence-corrected chi connectivity index (χ4v) is 3.73. The number of nitrogens with one attached hydrogen (secondary N) is 1. The first-order valence-electron chi connectivity index (χ1n) is 8.21. The second-order valence-electron chi connectivity index (χ2n) is 6.06. The minimum atomic E-state index is -0.345. The Bertz CT molecular complexity index is 1040. The maximum Gasteiger partial charge on any atom is 0.286 e. The molecule has 1 saturated heterocycles. The highest BCUT2D eigenvalue weighted by atomic mass is 32.2. The average molecular weight is 361 g/mol. The van der Waals surface area contributed by atoms with Crippen LogP contribution in [0.5, 0.6) is 5.75 Å². The molecule has 128 valence electrons. The van der Waals surface area contributed by atoms with Gasteiger partial charge in [0.15, 0.2) is 0 Å². The summed E-state index contributed by atoms with van der Waals surface area (Å²) in [6, 6.07) is 12.0. The van der Waals surface area contributed by atoms with E-state index in [0.29, 0.717) is 13.0 Å². The van der Waals surface area contributed by atoms with Gasteiger partial charge in [-0.1, -0.05) is 47.5 Å². The predicted octanol–water partition coefficient (Wildman–Crippen LogP) is 3.92. The number of imide groups is 1. The molecule has 1 aliphatic carbocycles. The molecule has 2 aliphatic rings. The number of hydrogen-bond acceptors (Lipinski definition) is 4. The van der Waals surface area contributed by atoms with Crippen LogP contribution in [-0.4, -0.2) is 23.0 Å². The van der Waals surface area contributed by atoms with Crippen molar-refractivity contribution in [1.29, 1.82) is 0 Å². The highest BCUT2D eigenvalue weighted by molar-refractivity contribution is 8.15. The molecule has 0 bridgehead atoms. The second-order valence-corrected chi connectivity index (χ2v) is 7.24. The molecule has 1 atom stereocenters. The van der Waals surface area contributed by atoms with E-state index in [-0.39, 0.29) is 16.4 Å². The van der Waals surface area contributed by atoms with E-state index in [1.54, 1.807) is 0 Å². The van der Waals surface area contributed by atoms with Gasteiger partial charge in [0.2, 0.25) is 5.91 Å². The van der Waals surface area contributed by atoms with Crippen LogP contribution < -0.4 is 10.1 Å². The zero-order valence-electron chi connectivity index (χ0n) is 13.8. The second kappa shape index (κ2) is 7.11. The van der Waals surface area contributed by atoms with Gasteiger partial charge >= 0.3 is 0 Å². The molecule has 5 heteroatoms. The number of benzene rings is 2. The minimum absolute atomic E-state index is 0.209. The summed E-state index contributed by atoms with van der Waals surface area (Å²) in [5.41, 5.74) is 7.85. The van der Waals surface area contributed by atoms with Crippen molar-refractivity contribution in [2.24, 2.45) is 0 Å². The standard InChI is InChI=1S/C21H15NO3S/c23-20-19(26-21(24)22-20)11-15-6-7-17-12-18(9-8-16(17)10-15)25-13-14-4-2-1-3-5-14/h2,4-10,12,19H,11,13H2,(H,22,23,24). The van der Waals surface area contributed by atoms with Crippen LogP contribution in [0.3, 0.4) is 0 Å². The number of carbonyl (C=O) groups is 2. The lowest BCUT2D eigenvalue weighted by Gasteiger charge is -2.10. The minimum Gasteiger partial charge on any atom is -0.489 e. The molecular formula is C21H15NO3S. The van der Waals surface area contributed by atoms with Crippen molar-refractivity contribution in [3.05, 3.63) is 77.2 Å². The summed E-state index contributed by atoms with van der Waals surface area (Å²) in [5.74, 6) is 0.592. The van der Waals surface area contributed by atoms with Crippen LogP contribution in [0, 0.1) is 0 Å². The summed E-state index contributed by atoms with van der Waals surface area (Å²) in [4.78, 5) is 23.0. The Hall–Kier alpha value is -2.97. The normalized spacial score (nSPS) is 18.3. The van der Waals surface area contributed by atoms with E-state index in [0.717, 1.165) is 39.4 Å². The molecule has 1 fully saturated rings. The van der Waals surface area contributed by atoms with Crippen molar-refractivity contribution >= 4 is 33.7 Å². The quantitative estimate of drug-likeness (QED) is 0.820. The van der Waals surface area contributed by atoms with Crippen LogP contribution in [0.15, 0.2) is 71.7 Å². The molecule has 1 aliphatic heterocycles. The molecule has 0 radical (unpaired) electrons. The van der Waals surface area contributed by atoms with Gasteiger partial charge in [-0.3, -0.25) is 14.9 Å². The summed E-state index contributed by atoms with van der Waals surface area (Å²) < 4.78 is 5.84. The number of rotatable bonds is 5. The molecule has 26 heavy (non-hydrogen) atoms. The van der Waals surface area contributed by atoms with Gasteiger partial charge in [-0.05, 0) is 58.7 Å². The molecule has 0 spiro atoms. The van der Waals surface area contributed by atoms with E-state index in [1.165, 1.54) is 0 Å². The highest BCUT2D eigenvalue weighted by Gasteiger charge is 2.31. The number of carbonyl (C=O) groups excluding carboxylic acids is 2. The summed E-state index contributed by atoms with van der Waals surface area (Å²) in [6.45, 7) is 0.483. The first-order chi connectivity index (χ1) is 12.7. The van der Waals surface area contributed by atoms with Crippen molar-refractivity contribution in [2.45, 2.75) is 11.7 Å². The Kier molecular flexibility index (Phi) is 4.51. The molecular weight excluding hydrogens is 346 g/mol. The van der Waals surface area contributed by atoms with Crippen molar-refractivity contribution in [3.63, 3.8) is 0 Å². The fraction of sp³-hybridized carbons (Fsp3) is 0.143. The van der Waals surface area contributed by atoms with Crippen LogP contribution in [0.2, 0.25) is 0 Å². The Morgan fingerprint density at radius 3 is 2.69 bits per heavy atom. The van der Waals surface area contributed by atoms with Gasteiger partial charge in [0, 0.05) is 0 Å². The Balaban J connectivity index is 1.46. The predicted molar refractivity (Wildman–Crippen MR) is 102 cm³/mol. The molecule has 0 saturated carbocycles. The molecule has 2 aromatic rings.